The van der Waals surface area contributed by atoms with Gasteiger partial charge in [-0.15, -0.1) is 13.2 Å². The van der Waals surface area contributed by atoms with Gasteiger partial charge in [0.2, 0.25) is 0 Å². The lowest BCUT2D eigenvalue weighted by atomic mass is 10.2. The van der Waals surface area contributed by atoms with Crippen LogP contribution in [0.25, 0.3) is 0 Å². The molecule has 0 aromatic carbocycles. The van der Waals surface area contributed by atoms with Crippen molar-refractivity contribution in [3.63, 3.8) is 0 Å². The van der Waals surface area contributed by atoms with E-state index in [1.165, 1.54) is 0 Å². The summed E-state index contributed by atoms with van der Waals surface area (Å²) in [5, 5.41) is 0. The van der Waals surface area contributed by atoms with Crippen molar-refractivity contribution in [1.82, 2.24) is 0 Å². The Kier molecular flexibility index (Phi) is 6.82. The van der Waals surface area contributed by atoms with E-state index in [0.29, 0.717) is 52.9 Å². The second-order valence-electron chi connectivity index (χ2n) is 5.13. The van der Waals surface area contributed by atoms with E-state index in [2.05, 4.69) is 13.2 Å². The van der Waals surface area contributed by atoms with Crippen LogP contribution < -0.4 is 0 Å². The maximum Gasteiger partial charge on any atom is 0.412 e. The minimum atomic E-state index is -1.34. The van der Waals surface area contributed by atoms with Crippen molar-refractivity contribution >= 4 is 0 Å². The Labute approximate surface area is 125 Å². The molecule has 1 spiro atoms. The van der Waals surface area contributed by atoms with Crippen molar-refractivity contribution in [3.8, 4) is 0 Å². The lowest BCUT2D eigenvalue weighted by Gasteiger charge is -2.42. The zero-order valence-electron chi connectivity index (χ0n) is 12.3. The summed E-state index contributed by atoms with van der Waals surface area (Å²) in [6.07, 6.45) is 2.09. The molecule has 0 bridgehead atoms. The molecule has 2 saturated heterocycles. The predicted octanol–water partition coefficient (Wildman–Crippen LogP) is 1.33. The fraction of sp³-hybridized carbons (Fsp3) is 0.733. The summed E-state index contributed by atoms with van der Waals surface area (Å²) in [7, 11) is 0. The largest absolute Gasteiger partial charge is 0.412 e. The van der Waals surface area contributed by atoms with Crippen molar-refractivity contribution in [2.24, 2.45) is 11.8 Å². The third kappa shape index (κ3) is 5.18. The summed E-state index contributed by atoms with van der Waals surface area (Å²) in [6, 6.07) is 0. The highest BCUT2D eigenvalue weighted by Crippen LogP contribution is 2.29. The van der Waals surface area contributed by atoms with Crippen molar-refractivity contribution < 1.29 is 28.4 Å². The lowest BCUT2D eigenvalue weighted by Crippen LogP contribution is -2.54. The van der Waals surface area contributed by atoms with Gasteiger partial charge in [-0.2, -0.15) is 0 Å². The molecule has 2 heterocycles. The van der Waals surface area contributed by atoms with Gasteiger partial charge in [-0.1, -0.05) is 12.2 Å². The van der Waals surface area contributed by atoms with Gasteiger partial charge in [-0.3, -0.25) is 0 Å². The van der Waals surface area contributed by atoms with E-state index in [-0.39, 0.29) is 11.8 Å². The third-order valence-electron chi connectivity index (χ3n) is 3.16. The fourth-order valence-electron chi connectivity index (χ4n) is 2.05. The van der Waals surface area contributed by atoms with Crippen LogP contribution in [0.2, 0.25) is 0 Å². The number of rotatable bonds is 8. The van der Waals surface area contributed by atoms with Gasteiger partial charge in [0.1, 0.15) is 0 Å². The van der Waals surface area contributed by atoms with Crippen LogP contribution in [0, 0.1) is 11.8 Å². The molecule has 0 aliphatic carbocycles. The number of hydrogen-bond acceptors (Lipinski definition) is 6. The summed E-state index contributed by atoms with van der Waals surface area (Å²) in [5.74, 6) is 0.354. The molecule has 0 unspecified atom stereocenters. The van der Waals surface area contributed by atoms with Crippen LogP contribution in [0.5, 0.6) is 0 Å². The number of hydrogen-bond donors (Lipinski definition) is 0. The molecule has 0 radical (unpaired) electrons. The number of ether oxygens (including phenoxy) is 6. The highest BCUT2D eigenvalue weighted by atomic mass is 17.0. The molecule has 21 heavy (non-hydrogen) atoms. The van der Waals surface area contributed by atoms with E-state index in [4.69, 9.17) is 28.4 Å². The van der Waals surface area contributed by atoms with E-state index in [1.807, 2.05) is 0 Å². The molecule has 120 valence electrons. The topological polar surface area (TPSA) is 55.4 Å². The Balaban J connectivity index is 1.65. The van der Waals surface area contributed by atoms with Gasteiger partial charge in [0.25, 0.3) is 0 Å². The summed E-state index contributed by atoms with van der Waals surface area (Å²) < 4.78 is 33.1. The Morgan fingerprint density at radius 2 is 1.19 bits per heavy atom. The van der Waals surface area contributed by atoms with Crippen LogP contribution in [-0.4, -0.2) is 59.0 Å². The van der Waals surface area contributed by atoms with Crippen molar-refractivity contribution in [2.45, 2.75) is 6.16 Å². The van der Waals surface area contributed by atoms with E-state index >= 15 is 0 Å². The first-order valence-corrected chi connectivity index (χ1v) is 7.21. The first-order valence-electron chi connectivity index (χ1n) is 7.21. The van der Waals surface area contributed by atoms with E-state index < -0.39 is 6.16 Å². The predicted molar refractivity (Wildman–Crippen MR) is 75.6 cm³/mol. The SMILES string of the molecule is C=CCOCC1COC2(OC1)OCC(COCC=C)CO2. The van der Waals surface area contributed by atoms with Crippen LogP contribution in [0.4, 0.5) is 0 Å². The molecule has 0 saturated carbocycles. The average molecular weight is 300 g/mol. The Morgan fingerprint density at radius 1 is 0.810 bits per heavy atom. The van der Waals surface area contributed by atoms with Gasteiger partial charge in [-0.25, -0.2) is 0 Å². The van der Waals surface area contributed by atoms with Gasteiger partial charge in [0, 0.05) is 11.8 Å². The highest BCUT2D eigenvalue weighted by molar-refractivity contribution is 4.70. The first kappa shape index (κ1) is 16.6. The molecule has 0 amide bonds. The molecule has 2 aliphatic heterocycles. The normalized spacial score (nSPS) is 33.0. The zero-order chi connectivity index (χ0) is 15.0. The van der Waals surface area contributed by atoms with Crippen molar-refractivity contribution in [1.29, 1.82) is 0 Å². The van der Waals surface area contributed by atoms with Gasteiger partial charge in [0.05, 0.1) is 52.9 Å². The Morgan fingerprint density at radius 3 is 1.52 bits per heavy atom. The molecule has 0 aromatic heterocycles. The average Bonchev–Trinajstić information content (AvgIpc) is 2.52. The van der Waals surface area contributed by atoms with Crippen LogP contribution in [0.15, 0.2) is 25.3 Å². The molecule has 0 N–H and O–H groups in total. The molecule has 0 atom stereocenters. The van der Waals surface area contributed by atoms with Crippen molar-refractivity contribution in [2.75, 3.05) is 52.9 Å². The molecule has 2 rings (SSSR count). The fourth-order valence-corrected chi connectivity index (χ4v) is 2.05. The molecule has 2 aliphatic rings. The second-order valence-corrected chi connectivity index (χ2v) is 5.13. The minimum Gasteiger partial charge on any atom is -0.377 e. The highest BCUT2D eigenvalue weighted by Gasteiger charge is 2.44. The Hall–Kier alpha value is -0.760. The zero-order valence-corrected chi connectivity index (χ0v) is 12.3. The van der Waals surface area contributed by atoms with E-state index in [1.54, 1.807) is 12.2 Å². The van der Waals surface area contributed by atoms with E-state index in [0.717, 1.165) is 0 Å². The summed E-state index contributed by atoms with van der Waals surface area (Å²) in [5.41, 5.74) is 0. The molecular formula is C15H24O6. The standard InChI is InChI=1S/C15H24O6/c1-3-5-16-7-13-9-18-15(19-10-13)20-11-14(12-21-15)8-17-6-4-2/h3-4,13-14H,1-2,5-12H2. The smallest absolute Gasteiger partial charge is 0.377 e. The van der Waals surface area contributed by atoms with Crippen molar-refractivity contribution in [3.05, 3.63) is 25.3 Å². The molecular weight excluding hydrogens is 276 g/mol. The lowest BCUT2D eigenvalue weighted by molar-refractivity contribution is -0.535. The Bertz CT molecular complexity index is 281. The summed E-state index contributed by atoms with van der Waals surface area (Å²) in [6.45, 7) is 11.3. The second kappa shape index (κ2) is 8.63. The maximum atomic E-state index is 5.59. The quantitative estimate of drug-likeness (QED) is 0.498. The van der Waals surface area contributed by atoms with Crippen LogP contribution in [0.3, 0.4) is 0 Å². The molecule has 0 aromatic rings. The van der Waals surface area contributed by atoms with E-state index in [9.17, 15) is 0 Å². The first-order chi connectivity index (χ1) is 10.3. The van der Waals surface area contributed by atoms with Crippen LogP contribution in [-0.2, 0) is 28.4 Å². The van der Waals surface area contributed by atoms with Crippen LogP contribution in [0.1, 0.15) is 0 Å². The molecule has 6 nitrogen and oxygen atoms in total. The molecule has 2 fully saturated rings. The maximum absolute atomic E-state index is 5.59. The van der Waals surface area contributed by atoms with Crippen LogP contribution >= 0.6 is 0 Å². The van der Waals surface area contributed by atoms with Gasteiger partial charge in [0.15, 0.2) is 0 Å². The summed E-state index contributed by atoms with van der Waals surface area (Å²) >= 11 is 0. The molecule has 6 heteroatoms. The third-order valence-corrected chi connectivity index (χ3v) is 3.16. The monoisotopic (exact) mass is 300 g/mol. The van der Waals surface area contributed by atoms with Gasteiger partial charge < -0.3 is 28.4 Å². The van der Waals surface area contributed by atoms with Gasteiger partial charge >= 0.3 is 6.16 Å². The van der Waals surface area contributed by atoms with Gasteiger partial charge in [-0.05, 0) is 0 Å². The summed E-state index contributed by atoms with van der Waals surface area (Å²) in [4.78, 5) is 0. The minimum absolute atomic E-state index is 0.177.